The van der Waals surface area contributed by atoms with E-state index in [1.165, 1.54) is 23.7 Å². The van der Waals surface area contributed by atoms with Crippen LogP contribution in [0.25, 0.3) is 0 Å². The molecule has 1 aromatic heterocycles. The number of rotatable bonds is 5. The fraction of sp³-hybridized carbons (Fsp3) is 0.385. The lowest BCUT2D eigenvalue weighted by Gasteiger charge is -2.11. The van der Waals surface area contributed by atoms with Gasteiger partial charge in [0.1, 0.15) is 11.6 Å². The summed E-state index contributed by atoms with van der Waals surface area (Å²) in [5.74, 6) is -1.17. The van der Waals surface area contributed by atoms with Crippen molar-refractivity contribution in [3.63, 3.8) is 0 Å². The van der Waals surface area contributed by atoms with Gasteiger partial charge < -0.3 is 5.73 Å². The summed E-state index contributed by atoms with van der Waals surface area (Å²) < 4.78 is 30.1. The lowest BCUT2D eigenvalue weighted by atomic mass is 10.0. The van der Waals surface area contributed by atoms with Crippen LogP contribution in [0.3, 0.4) is 0 Å². The molecule has 0 bridgehead atoms. The molecule has 6 heteroatoms. The highest BCUT2D eigenvalue weighted by molar-refractivity contribution is 7.05. The quantitative estimate of drug-likeness (QED) is 0.917. The molecule has 0 aliphatic rings. The Morgan fingerprint density at radius 1 is 1.26 bits per heavy atom. The highest BCUT2D eigenvalue weighted by Gasteiger charge is 2.16. The molecule has 1 unspecified atom stereocenters. The van der Waals surface area contributed by atoms with Crippen LogP contribution in [-0.2, 0) is 12.8 Å². The average molecular weight is 283 g/mol. The molecular weight excluding hydrogens is 268 g/mol. The summed E-state index contributed by atoms with van der Waals surface area (Å²) >= 11 is 1.25. The van der Waals surface area contributed by atoms with Crippen molar-refractivity contribution in [3.8, 4) is 0 Å². The largest absolute Gasteiger partial charge is 0.323 e. The molecule has 19 heavy (non-hydrogen) atoms. The van der Waals surface area contributed by atoms with Gasteiger partial charge in [-0.05, 0) is 42.1 Å². The number of halogens is 2. The minimum atomic E-state index is -0.585. The third kappa shape index (κ3) is 3.54. The molecule has 0 amide bonds. The molecule has 1 atom stereocenters. The highest BCUT2D eigenvalue weighted by Crippen LogP contribution is 2.23. The van der Waals surface area contributed by atoms with Gasteiger partial charge in [-0.15, -0.1) is 5.10 Å². The third-order valence-corrected chi connectivity index (χ3v) is 3.69. The summed E-state index contributed by atoms with van der Waals surface area (Å²) in [5.41, 5.74) is 7.52. The predicted molar refractivity (Wildman–Crippen MR) is 70.9 cm³/mol. The molecular formula is C13H15F2N3S. The van der Waals surface area contributed by atoms with Gasteiger partial charge in [0.15, 0.2) is 0 Å². The Morgan fingerprint density at radius 2 is 1.95 bits per heavy atom. The van der Waals surface area contributed by atoms with Gasteiger partial charge >= 0.3 is 0 Å². The van der Waals surface area contributed by atoms with Gasteiger partial charge in [-0.1, -0.05) is 17.8 Å². The van der Waals surface area contributed by atoms with Crippen LogP contribution in [0.2, 0.25) is 0 Å². The summed E-state index contributed by atoms with van der Waals surface area (Å²) in [4.78, 5) is 0.895. The lowest BCUT2D eigenvalue weighted by molar-refractivity contribution is 0.576. The molecule has 0 saturated carbocycles. The molecule has 102 valence electrons. The van der Waals surface area contributed by atoms with E-state index in [1.807, 2.05) is 0 Å². The minimum absolute atomic E-state index is 0.331. The molecule has 2 N–H and O–H groups in total. The smallest absolute Gasteiger partial charge is 0.126 e. The van der Waals surface area contributed by atoms with Crippen LogP contribution in [0.1, 0.15) is 35.5 Å². The summed E-state index contributed by atoms with van der Waals surface area (Å²) in [7, 11) is 0. The molecule has 2 rings (SSSR count). The molecule has 0 saturated heterocycles. The van der Waals surface area contributed by atoms with E-state index in [4.69, 9.17) is 5.73 Å². The van der Waals surface area contributed by atoms with Gasteiger partial charge in [0.05, 0.1) is 10.6 Å². The number of aromatic nitrogens is 2. The van der Waals surface area contributed by atoms with E-state index in [2.05, 4.69) is 16.5 Å². The summed E-state index contributed by atoms with van der Waals surface area (Å²) in [5, 5.41) is 4.04. The third-order valence-electron chi connectivity index (χ3n) is 2.79. The fourth-order valence-electron chi connectivity index (χ4n) is 1.98. The van der Waals surface area contributed by atoms with Crippen LogP contribution in [0, 0.1) is 11.6 Å². The second-order valence-corrected chi connectivity index (χ2v) is 5.21. The van der Waals surface area contributed by atoms with E-state index >= 15 is 0 Å². The fourth-order valence-corrected chi connectivity index (χ4v) is 2.68. The molecule has 0 aliphatic heterocycles. The Kier molecular flexibility index (Phi) is 4.55. The van der Waals surface area contributed by atoms with Crippen LogP contribution in [0.4, 0.5) is 8.78 Å². The average Bonchev–Trinajstić information content (AvgIpc) is 2.76. The zero-order valence-corrected chi connectivity index (χ0v) is 11.4. The molecule has 2 aromatic rings. The first-order valence-electron chi connectivity index (χ1n) is 6.11. The summed E-state index contributed by atoms with van der Waals surface area (Å²) in [6, 6.07) is 3.13. The van der Waals surface area contributed by atoms with Crippen molar-refractivity contribution in [2.24, 2.45) is 5.73 Å². The summed E-state index contributed by atoms with van der Waals surface area (Å²) in [6.07, 6.45) is 2.14. The predicted octanol–water partition coefficient (Wildman–Crippen LogP) is 3.01. The normalized spacial score (nSPS) is 12.6. The Balaban J connectivity index is 2.15. The monoisotopic (exact) mass is 283 g/mol. The number of nitrogens with zero attached hydrogens (tertiary/aromatic N) is 2. The minimum Gasteiger partial charge on any atom is -0.323 e. The van der Waals surface area contributed by atoms with E-state index in [1.54, 1.807) is 0 Å². The van der Waals surface area contributed by atoms with E-state index in [9.17, 15) is 8.78 Å². The van der Waals surface area contributed by atoms with Gasteiger partial charge in [-0.25, -0.2) is 8.78 Å². The van der Waals surface area contributed by atoms with Crippen LogP contribution in [-0.4, -0.2) is 9.59 Å². The van der Waals surface area contributed by atoms with Crippen LogP contribution >= 0.6 is 11.5 Å². The molecule has 0 radical (unpaired) electrons. The van der Waals surface area contributed by atoms with Gasteiger partial charge in [0.25, 0.3) is 0 Å². The number of hydrogen-bond donors (Lipinski definition) is 1. The Hall–Kier alpha value is -1.40. The van der Waals surface area contributed by atoms with E-state index in [0.29, 0.717) is 12.0 Å². The Bertz CT molecular complexity index is 536. The first-order chi connectivity index (χ1) is 9.10. The van der Waals surface area contributed by atoms with Crippen molar-refractivity contribution in [1.82, 2.24) is 9.59 Å². The zero-order valence-electron chi connectivity index (χ0n) is 10.6. The number of aryl methyl sites for hydroxylation is 1. The van der Waals surface area contributed by atoms with E-state index in [-0.39, 0.29) is 6.04 Å². The standard InChI is InChI=1S/C13H15F2N3S/c1-2-3-12-13(19-18-17-12)11(16)6-8-4-9(14)7-10(15)5-8/h4-5,7,11H,2-3,6,16H2,1H3. The van der Waals surface area contributed by atoms with Crippen molar-refractivity contribution in [2.75, 3.05) is 0 Å². The van der Waals surface area contributed by atoms with Crippen molar-refractivity contribution >= 4 is 11.5 Å². The van der Waals surface area contributed by atoms with Gasteiger partial charge in [-0.3, -0.25) is 0 Å². The molecule has 0 aliphatic carbocycles. The maximum atomic E-state index is 13.1. The van der Waals surface area contributed by atoms with Gasteiger partial charge in [0, 0.05) is 12.1 Å². The molecule has 3 nitrogen and oxygen atoms in total. The van der Waals surface area contributed by atoms with Crippen LogP contribution in [0.5, 0.6) is 0 Å². The Morgan fingerprint density at radius 3 is 2.58 bits per heavy atom. The second-order valence-electron chi connectivity index (χ2n) is 4.42. The highest BCUT2D eigenvalue weighted by atomic mass is 32.1. The maximum Gasteiger partial charge on any atom is 0.126 e. The first kappa shape index (κ1) is 14.0. The van der Waals surface area contributed by atoms with E-state index in [0.717, 1.165) is 29.5 Å². The van der Waals surface area contributed by atoms with Gasteiger partial charge in [-0.2, -0.15) is 0 Å². The second kappa shape index (κ2) is 6.16. The van der Waals surface area contributed by atoms with Crippen molar-refractivity contribution < 1.29 is 8.78 Å². The summed E-state index contributed by atoms with van der Waals surface area (Å²) in [6.45, 7) is 2.05. The van der Waals surface area contributed by atoms with Crippen LogP contribution in [0.15, 0.2) is 18.2 Å². The number of hydrogen-bond acceptors (Lipinski definition) is 4. The van der Waals surface area contributed by atoms with Crippen LogP contribution < -0.4 is 5.73 Å². The van der Waals surface area contributed by atoms with E-state index < -0.39 is 11.6 Å². The van der Waals surface area contributed by atoms with Crippen molar-refractivity contribution in [1.29, 1.82) is 0 Å². The molecule has 0 fully saturated rings. The van der Waals surface area contributed by atoms with Crippen molar-refractivity contribution in [3.05, 3.63) is 46.0 Å². The SMILES string of the molecule is CCCc1nnsc1C(N)Cc1cc(F)cc(F)c1. The molecule has 1 heterocycles. The molecule has 1 aromatic carbocycles. The number of benzene rings is 1. The Labute approximate surface area is 114 Å². The lowest BCUT2D eigenvalue weighted by Crippen LogP contribution is -2.14. The topological polar surface area (TPSA) is 51.8 Å². The zero-order chi connectivity index (χ0) is 13.8. The van der Waals surface area contributed by atoms with Crippen molar-refractivity contribution in [2.45, 2.75) is 32.2 Å². The first-order valence-corrected chi connectivity index (χ1v) is 6.89. The maximum absolute atomic E-state index is 13.1. The molecule has 0 spiro atoms. The van der Waals surface area contributed by atoms with Gasteiger partial charge in [0.2, 0.25) is 0 Å². The number of nitrogens with two attached hydrogens (primary N) is 1.